The molecule has 1 aromatic heterocycles. The number of carbonyl (C=O) groups excluding carboxylic acids is 1. The van der Waals surface area contributed by atoms with E-state index in [-0.39, 0.29) is 6.03 Å². The lowest BCUT2D eigenvalue weighted by molar-refractivity contribution is 0.246. The van der Waals surface area contributed by atoms with Crippen LogP contribution in [0.5, 0.6) is 0 Å². The van der Waals surface area contributed by atoms with Crippen LogP contribution in [0.15, 0.2) is 48.5 Å². The summed E-state index contributed by atoms with van der Waals surface area (Å²) in [7, 11) is 4.15. The topological polar surface area (TPSA) is 69.3 Å². The van der Waals surface area contributed by atoms with E-state index in [1.165, 1.54) is 22.2 Å². The van der Waals surface area contributed by atoms with Gasteiger partial charge in [-0.1, -0.05) is 50.2 Å². The van der Waals surface area contributed by atoms with Crippen LogP contribution < -0.4 is 20.9 Å². The predicted octanol–water partition coefficient (Wildman–Crippen LogP) is 6.22. The zero-order chi connectivity index (χ0) is 24.8. The molecule has 0 saturated heterocycles. The molecular weight excluding hydrogens is 434 g/mol. The van der Waals surface area contributed by atoms with E-state index in [0.29, 0.717) is 18.5 Å². The Bertz CT molecular complexity index is 1130. The maximum absolute atomic E-state index is 12.6. The molecule has 2 aromatic carbocycles. The average Bonchev–Trinajstić information content (AvgIpc) is 2.87. The Hall–Kier alpha value is -3.28. The van der Waals surface area contributed by atoms with Crippen molar-refractivity contribution in [3.05, 3.63) is 59.7 Å². The monoisotopic (exact) mass is 473 g/mol. The van der Waals surface area contributed by atoms with Crippen LogP contribution >= 0.6 is 0 Å². The van der Waals surface area contributed by atoms with E-state index >= 15 is 0 Å². The van der Waals surface area contributed by atoms with Crippen molar-refractivity contribution in [1.82, 2.24) is 10.3 Å². The molecule has 1 heterocycles. The van der Waals surface area contributed by atoms with Crippen LogP contribution in [0.4, 0.5) is 22.0 Å². The minimum atomic E-state index is -0.0996. The van der Waals surface area contributed by atoms with Crippen LogP contribution in [0.1, 0.15) is 50.7 Å². The summed E-state index contributed by atoms with van der Waals surface area (Å²) in [6.45, 7) is 4.96. The summed E-state index contributed by atoms with van der Waals surface area (Å²) >= 11 is 0. The van der Waals surface area contributed by atoms with Gasteiger partial charge in [0, 0.05) is 49.5 Å². The molecule has 1 fully saturated rings. The normalized spacial score (nSPS) is 17.7. The summed E-state index contributed by atoms with van der Waals surface area (Å²) in [6.07, 6.45) is 6.16. The van der Waals surface area contributed by atoms with Crippen molar-refractivity contribution >= 4 is 34.1 Å². The van der Waals surface area contributed by atoms with Crippen molar-refractivity contribution in [3.63, 3.8) is 0 Å². The van der Waals surface area contributed by atoms with Gasteiger partial charge < -0.3 is 20.9 Å². The average molecular weight is 474 g/mol. The molecule has 0 radical (unpaired) electrons. The second kappa shape index (κ2) is 11.4. The third-order valence-electron chi connectivity index (χ3n) is 7.16. The van der Waals surface area contributed by atoms with Crippen molar-refractivity contribution in [2.45, 2.75) is 58.4 Å². The Morgan fingerprint density at radius 1 is 0.971 bits per heavy atom. The van der Waals surface area contributed by atoms with Gasteiger partial charge in [0.2, 0.25) is 0 Å². The molecule has 35 heavy (non-hydrogen) atoms. The molecule has 3 N–H and O–H groups in total. The number of para-hydroxylation sites is 2. The van der Waals surface area contributed by atoms with Crippen molar-refractivity contribution in [2.75, 3.05) is 36.2 Å². The number of aromatic nitrogens is 1. The number of hydrogen-bond acceptors (Lipinski definition) is 4. The zero-order valence-electron chi connectivity index (χ0n) is 21.5. The summed E-state index contributed by atoms with van der Waals surface area (Å²) in [5.41, 5.74) is 5.54. The van der Waals surface area contributed by atoms with E-state index in [4.69, 9.17) is 4.98 Å². The predicted molar refractivity (Wildman–Crippen MR) is 148 cm³/mol. The maximum Gasteiger partial charge on any atom is 0.319 e. The molecule has 0 aliphatic heterocycles. The number of fused-ring (bicyclic) bond motifs is 1. The van der Waals surface area contributed by atoms with Crippen LogP contribution in [-0.4, -0.2) is 37.7 Å². The molecule has 4 rings (SSSR count). The smallest absolute Gasteiger partial charge is 0.319 e. The molecule has 1 aliphatic carbocycles. The summed E-state index contributed by atoms with van der Waals surface area (Å²) in [5, 5.41) is 11.1. The Labute approximate surface area is 209 Å². The van der Waals surface area contributed by atoms with Crippen molar-refractivity contribution < 1.29 is 4.79 Å². The lowest BCUT2D eigenvalue weighted by atomic mass is 9.86. The molecule has 1 aliphatic rings. The second-order valence-corrected chi connectivity index (χ2v) is 9.79. The van der Waals surface area contributed by atoms with E-state index in [9.17, 15) is 4.79 Å². The van der Waals surface area contributed by atoms with E-state index in [1.807, 2.05) is 6.07 Å². The number of hydrogen-bond donors (Lipinski definition) is 3. The van der Waals surface area contributed by atoms with Crippen molar-refractivity contribution in [2.24, 2.45) is 5.92 Å². The Kier molecular flexibility index (Phi) is 8.11. The van der Waals surface area contributed by atoms with Gasteiger partial charge in [-0.2, -0.15) is 0 Å². The first-order valence-corrected chi connectivity index (χ1v) is 13.0. The molecule has 0 atom stereocenters. The third kappa shape index (κ3) is 6.05. The molecule has 6 nitrogen and oxygen atoms in total. The lowest BCUT2D eigenvalue weighted by Gasteiger charge is -2.30. The number of carbonyl (C=O) groups is 1. The highest BCUT2D eigenvalue weighted by Crippen LogP contribution is 2.30. The fourth-order valence-corrected chi connectivity index (χ4v) is 5.12. The number of anilines is 3. The molecule has 3 aromatic rings. The fourth-order valence-electron chi connectivity index (χ4n) is 5.12. The first-order valence-electron chi connectivity index (χ1n) is 13.0. The number of nitrogens with one attached hydrogen (secondary N) is 3. The molecule has 186 valence electrons. The quantitative estimate of drug-likeness (QED) is 0.363. The van der Waals surface area contributed by atoms with E-state index < -0.39 is 0 Å². The Morgan fingerprint density at radius 2 is 1.66 bits per heavy atom. The summed E-state index contributed by atoms with van der Waals surface area (Å²) in [4.78, 5) is 19.6. The lowest BCUT2D eigenvalue weighted by Crippen LogP contribution is -2.36. The molecule has 0 spiro atoms. The van der Waals surface area contributed by atoms with Crippen LogP contribution in [0.2, 0.25) is 0 Å². The summed E-state index contributed by atoms with van der Waals surface area (Å²) in [5.74, 6) is 1.45. The minimum Gasteiger partial charge on any atom is -0.377 e. The SMILES string of the molecule is CCc1cccc(CC)c1NC(=O)NCC1CCC(Nc2cc(N(C)C)c3ccccc3n2)CC1. The van der Waals surface area contributed by atoms with Gasteiger partial charge >= 0.3 is 6.03 Å². The first kappa shape index (κ1) is 24.8. The number of benzene rings is 2. The molecule has 2 amide bonds. The standard InChI is InChI=1S/C29H39N5O/c1-5-21-10-9-11-22(6-2)28(21)33-29(35)30-19-20-14-16-23(17-15-20)31-27-18-26(34(3)4)24-12-7-8-13-25(24)32-27/h7-13,18,20,23H,5-6,14-17,19H2,1-4H3,(H,31,32)(H2,30,33,35). The van der Waals surface area contributed by atoms with Crippen LogP contribution in [-0.2, 0) is 12.8 Å². The molecular formula is C29H39N5O. The van der Waals surface area contributed by atoms with Crippen molar-refractivity contribution in [1.29, 1.82) is 0 Å². The van der Waals surface area contributed by atoms with Gasteiger partial charge in [-0.05, 0) is 61.6 Å². The van der Waals surface area contributed by atoms with Gasteiger partial charge in [0.25, 0.3) is 0 Å². The number of rotatable bonds is 8. The van der Waals surface area contributed by atoms with Crippen LogP contribution in [0.3, 0.4) is 0 Å². The Balaban J connectivity index is 1.29. The van der Waals surface area contributed by atoms with Crippen LogP contribution in [0.25, 0.3) is 10.9 Å². The number of amides is 2. The number of urea groups is 1. The zero-order valence-corrected chi connectivity index (χ0v) is 21.5. The maximum atomic E-state index is 12.6. The van der Waals surface area contributed by atoms with E-state index in [0.717, 1.165) is 55.5 Å². The Morgan fingerprint density at radius 3 is 2.31 bits per heavy atom. The van der Waals surface area contributed by atoms with Gasteiger partial charge in [0.1, 0.15) is 5.82 Å². The van der Waals surface area contributed by atoms with Gasteiger partial charge in [-0.25, -0.2) is 9.78 Å². The fraction of sp³-hybridized carbons (Fsp3) is 0.448. The second-order valence-electron chi connectivity index (χ2n) is 9.79. The van der Waals surface area contributed by atoms with Gasteiger partial charge in [-0.3, -0.25) is 0 Å². The third-order valence-corrected chi connectivity index (χ3v) is 7.16. The number of aryl methyl sites for hydroxylation is 2. The minimum absolute atomic E-state index is 0.0996. The first-order chi connectivity index (χ1) is 17.0. The highest BCUT2D eigenvalue weighted by molar-refractivity contribution is 5.93. The highest BCUT2D eigenvalue weighted by Gasteiger charge is 2.22. The van der Waals surface area contributed by atoms with Gasteiger partial charge in [-0.15, -0.1) is 0 Å². The molecule has 1 saturated carbocycles. The molecule has 0 bridgehead atoms. The summed E-state index contributed by atoms with van der Waals surface area (Å²) in [6, 6.07) is 17.0. The number of nitrogens with zero attached hydrogens (tertiary/aromatic N) is 2. The van der Waals surface area contributed by atoms with Crippen LogP contribution in [0, 0.1) is 5.92 Å². The van der Waals surface area contributed by atoms with E-state index in [2.05, 4.69) is 91.3 Å². The van der Waals surface area contributed by atoms with Gasteiger partial charge in [0.15, 0.2) is 0 Å². The van der Waals surface area contributed by atoms with Crippen molar-refractivity contribution in [3.8, 4) is 0 Å². The highest BCUT2D eigenvalue weighted by atomic mass is 16.2. The number of pyridine rings is 1. The van der Waals surface area contributed by atoms with E-state index in [1.54, 1.807) is 0 Å². The van der Waals surface area contributed by atoms with Gasteiger partial charge in [0.05, 0.1) is 5.52 Å². The molecule has 6 heteroatoms. The largest absolute Gasteiger partial charge is 0.377 e. The molecule has 0 unspecified atom stereocenters. The summed E-state index contributed by atoms with van der Waals surface area (Å²) < 4.78 is 0.